The van der Waals surface area contributed by atoms with Gasteiger partial charge in [0.25, 0.3) is 0 Å². The molecular weight excluding hydrogens is 136 g/mol. The van der Waals surface area contributed by atoms with Gasteiger partial charge in [-0.15, -0.1) is 6.58 Å². The van der Waals surface area contributed by atoms with Gasteiger partial charge in [0, 0.05) is 0 Å². The second kappa shape index (κ2) is 3.91. The predicted octanol–water partition coefficient (Wildman–Crippen LogP) is 2.50. The van der Waals surface area contributed by atoms with Crippen LogP contribution in [0, 0.1) is 5.92 Å². The lowest BCUT2D eigenvalue weighted by molar-refractivity contribution is 0.0701. The quantitative estimate of drug-likeness (QED) is 0.606. The van der Waals surface area contributed by atoms with Crippen molar-refractivity contribution < 1.29 is 5.11 Å². The van der Waals surface area contributed by atoms with Crippen molar-refractivity contribution in [3.8, 4) is 0 Å². The Morgan fingerprint density at radius 2 is 2.09 bits per heavy atom. The van der Waals surface area contributed by atoms with Crippen LogP contribution in [-0.2, 0) is 0 Å². The maximum atomic E-state index is 9.58. The molecule has 1 heteroatoms. The van der Waals surface area contributed by atoms with Gasteiger partial charge in [0.15, 0.2) is 0 Å². The third-order valence-electron chi connectivity index (χ3n) is 2.48. The molecule has 0 heterocycles. The lowest BCUT2D eigenvalue weighted by atomic mass is 9.83. The molecule has 1 aliphatic rings. The number of rotatable bonds is 2. The zero-order valence-corrected chi connectivity index (χ0v) is 7.34. The van der Waals surface area contributed by atoms with Crippen molar-refractivity contribution in [2.24, 2.45) is 5.92 Å². The van der Waals surface area contributed by atoms with Crippen molar-refractivity contribution in [1.82, 2.24) is 0 Å². The standard InChI is InChI=1S/C10H18O/c1-8(2)7-9-5-3-4-6-10(9)11/h9-11H,1,3-7H2,2H3/t9-,10+/m0/s1. The van der Waals surface area contributed by atoms with Gasteiger partial charge in [0.2, 0.25) is 0 Å². The molecule has 1 rings (SSSR count). The predicted molar refractivity (Wildman–Crippen MR) is 47.4 cm³/mol. The third kappa shape index (κ3) is 2.66. The molecule has 0 aromatic carbocycles. The summed E-state index contributed by atoms with van der Waals surface area (Å²) in [7, 11) is 0. The summed E-state index contributed by atoms with van der Waals surface area (Å²) in [5, 5.41) is 9.58. The fourth-order valence-corrected chi connectivity index (χ4v) is 1.87. The van der Waals surface area contributed by atoms with Crippen molar-refractivity contribution in [3.63, 3.8) is 0 Å². The fraction of sp³-hybridized carbons (Fsp3) is 0.800. The summed E-state index contributed by atoms with van der Waals surface area (Å²) in [5.74, 6) is 0.501. The maximum absolute atomic E-state index is 9.58. The molecule has 1 fully saturated rings. The molecule has 0 radical (unpaired) electrons. The molecule has 0 saturated heterocycles. The van der Waals surface area contributed by atoms with E-state index in [1.807, 2.05) is 6.92 Å². The number of aliphatic hydroxyl groups excluding tert-OH is 1. The van der Waals surface area contributed by atoms with E-state index in [9.17, 15) is 5.11 Å². The van der Waals surface area contributed by atoms with Crippen LogP contribution in [0.5, 0.6) is 0 Å². The molecule has 1 saturated carbocycles. The van der Waals surface area contributed by atoms with Crippen LogP contribution in [0.2, 0.25) is 0 Å². The molecule has 64 valence electrons. The van der Waals surface area contributed by atoms with Gasteiger partial charge < -0.3 is 5.11 Å². The highest BCUT2D eigenvalue weighted by Crippen LogP contribution is 2.28. The van der Waals surface area contributed by atoms with Gasteiger partial charge in [-0.3, -0.25) is 0 Å². The van der Waals surface area contributed by atoms with Crippen LogP contribution in [0.25, 0.3) is 0 Å². The highest BCUT2D eigenvalue weighted by molar-refractivity contribution is 4.93. The largest absolute Gasteiger partial charge is 0.393 e. The van der Waals surface area contributed by atoms with Gasteiger partial charge in [0.1, 0.15) is 0 Å². The van der Waals surface area contributed by atoms with Gasteiger partial charge in [-0.05, 0) is 32.1 Å². The maximum Gasteiger partial charge on any atom is 0.0571 e. The first-order valence-electron chi connectivity index (χ1n) is 4.52. The second-order valence-electron chi connectivity index (χ2n) is 3.77. The van der Waals surface area contributed by atoms with Crippen LogP contribution in [-0.4, -0.2) is 11.2 Å². The smallest absolute Gasteiger partial charge is 0.0571 e. The van der Waals surface area contributed by atoms with Crippen LogP contribution in [0.15, 0.2) is 12.2 Å². The Bertz CT molecular complexity index is 140. The number of hydrogen-bond donors (Lipinski definition) is 1. The van der Waals surface area contributed by atoms with Crippen LogP contribution in [0.3, 0.4) is 0 Å². The summed E-state index contributed by atoms with van der Waals surface area (Å²) in [6, 6.07) is 0. The Morgan fingerprint density at radius 3 is 2.64 bits per heavy atom. The van der Waals surface area contributed by atoms with E-state index in [-0.39, 0.29) is 6.10 Å². The van der Waals surface area contributed by atoms with E-state index in [1.54, 1.807) is 0 Å². The molecular formula is C10H18O. The van der Waals surface area contributed by atoms with E-state index in [0.717, 1.165) is 12.8 Å². The van der Waals surface area contributed by atoms with E-state index < -0.39 is 0 Å². The monoisotopic (exact) mass is 154 g/mol. The highest BCUT2D eigenvalue weighted by Gasteiger charge is 2.22. The van der Waals surface area contributed by atoms with E-state index in [2.05, 4.69) is 6.58 Å². The molecule has 0 aromatic heterocycles. The van der Waals surface area contributed by atoms with Crippen LogP contribution in [0.1, 0.15) is 39.0 Å². The number of aliphatic hydroxyl groups is 1. The first-order valence-corrected chi connectivity index (χ1v) is 4.52. The van der Waals surface area contributed by atoms with Crippen molar-refractivity contribution >= 4 is 0 Å². The van der Waals surface area contributed by atoms with E-state index in [1.165, 1.54) is 24.8 Å². The molecule has 1 nitrogen and oxygen atoms in total. The topological polar surface area (TPSA) is 20.2 Å². The molecule has 0 amide bonds. The molecule has 0 spiro atoms. The fourth-order valence-electron chi connectivity index (χ4n) is 1.87. The molecule has 0 aromatic rings. The van der Waals surface area contributed by atoms with Gasteiger partial charge in [-0.2, -0.15) is 0 Å². The van der Waals surface area contributed by atoms with Gasteiger partial charge in [-0.1, -0.05) is 18.4 Å². The first-order chi connectivity index (χ1) is 5.20. The summed E-state index contributed by atoms with van der Waals surface area (Å²) >= 11 is 0. The normalized spacial score (nSPS) is 31.8. The zero-order chi connectivity index (χ0) is 8.27. The van der Waals surface area contributed by atoms with Crippen molar-refractivity contribution in [2.75, 3.05) is 0 Å². The lowest BCUT2D eigenvalue weighted by Gasteiger charge is -2.27. The van der Waals surface area contributed by atoms with E-state index >= 15 is 0 Å². The third-order valence-corrected chi connectivity index (χ3v) is 2.48. The van der Waals surface area contributed by atoms with Crippen molar-refractivity contribution in [1.29, 1.82) is 0 Å². The summed E-state index contributed by atoms with van der Waals surface area (Å²) in [6.07, 6.45) is 5.64. The number of hydrogen-bond acceptors (Lipinski definition) is 1. The first kappa shape index (κ1) is 8.79. The Kier molecular flexibility index (Phi) is 3.13. The molecule has 1 N–H and O–H groups in total. The Hall–Kier alpha value is -0.300. The minimum Gasteiger partial charge on any atom is -0.393 e. The summed E-state index contributed by atoms with van der Waals surface area (Å²) in [6.45, 7) is 5.92. The van der Waals surface area contributed by atoms with Gasteiger partial charge >= 0.3 is 0 Å². The Labute approximate surface area is 69.1 Å². The Balaban J connectivity index is 2.35. The zero-order valence-electron chi connectivity index (χ0n) is 7.34. The van der Waals surface area contributed by atoms with Crippen LogP contribution >= 0.6 is 0 Å². The van der Waals surface area contributed by atoms with Crippen molar-refractivity contribution in [2.45, 2.75) is 45.1 Å². The average molecular weight is 154 g/mol. The minimum atomic E-state index is -0.0551. The SMILES string of the molecule is C=C(C)C[C@@H]1CCCC[C@H]1O. The molecule has 2 atom stereocenters. The van der Waals surface area contributed by atoms with Crippen LogP contribution in [0.4, 0.5) is 0 Å². The Morgan fingerprint density at radius 1 is 1.45 bits per heavy atom. The van der Waals surface area contributed by atoms with Crippen molar-refractivity contribution in [3.05, 3.63) is 12.2 Å². The summed E-state index contributed by atoms with van der Waals surface area (Å²) in [5.41, 5.74) is 1.20. The van der Waals surface area contributed by atoms with E-state index in [4.69, 9.17) is 0 Å². The summed E-state index contributed by atoms with van der Waals surface area (Å²) in [4.78, 5) is 0. The van der Waals surface area contributed by atoms with Crippen LogP contribution < -0.4 is 0 Å². The molecule has 0 unspecified atom stereocenters. The molecule has 1 aliphatic carbocycles. The van der Waals surface area contributed by atoms with Gasteiger partial charge in [-0.25, -0.2) is 0 Å². The highest BCUT2D eigenvalue weighted by atomic mass is 16.3. The summed E-state index contributed by atoms with van der Waals surface area (Å²) < 4.78 is 0. The van der Waals surface area contributed by atoms with Gasteiger partial charge in [0.05, 0.1) is 6.10 Å². The molecule has 11 heavy (non-hydrogen) atoms. The molecule has 0 bridgehead atoms. The minimum absolute atomic E-state index is 0.0551. The number of allylic oxidation sites excluding steroid dienone is 1. The lowest BCUT2D eigenvalue weighted by Crippen LogP contribution is -2.24. The molecule has 0 aliphatic heterocycles. The second-order valence-corrected chi connectivity index (χ2v) is 3.77. The average Bonchev–Trinajstić information content (AvgIpc) is 1.93. The van der Waals surface area contributed by atoms with E-state index in [0.29, 0.717) is 5.92 Å².